The van der Waals surface area contributed by atoms with Gasteiger partial charge in [-0.05, 0) is 33.4 Å². The minimum absolute atomic E-state index is 0.651. The van der Waals surface area contributed by atoms with E-state index in [1.165, 1.54) is 38.6 Å². The summed E-state index contributed by atoms with van der Waals surface area (Å²) in [5, 5.41) is 3.44. The highest BCUT2D eigenvalue weighted by molar-refractivity contribution is 4.83. The van der Waals surface area contributed by atoms with Crippen molar-refractivity contribution in [3.05, 3.63) is 0 Å². The molecule has 1 heterocycles. The van der Waals surface area contributed by atoms with Crippen LogP contribution in [-0.4, -0.2) is 50.8 Å². The maximum absolute atomic E-state index is 5.61. The second-order valence-electron chi connectivity index (χ2n) is 5.40. The summed E-state index contributed by atoms with van der Waals surface area (Å²) in [7, 11) is 4.37. The van der Waals surface area contributed by atoms with Crippen molar-refractivity contribution in [2.75, 3.05) is 33.9 Å². The molecule has 1 saturated carbocycles. The van der Waals surface area contributed by atoms with Crippen molar-refractivity contribution in [2.24, 2.45) is 5.92 Å². The van der Waals surface area contributed by atoms with Gasteiger partial charge in [-0.15, -0.1) is 0 Å². The van der Waals surface area contributed by atoms with E-state index in [0.717, 1.165) is 19.3 Å². The summed E-state index contributed by atoms with van der Waals surface area (Å²) >= 11 is 0. The topological polar surface area (TPSA) is 24.5 Å². The molecule has 2 unspecified atom stereocenters. The molecule has 16 heavy (non-hydrogen) atoms. The van der Waals surface area contributed by atoms with E-state index in [9.17, 15) is 0 Å². The van der Waals surface area contributed by atoms with Gasteiger partial charge in [0, 0.05) is 31.2 Å². The fourth-order valence-electron chi connectivity index (χ4n) is 3.22. The first-order chi connectivity index (χ1) is 7.81. The third-order valence-electron chi connectivity index (χ3n) is 4.32. The monoisotopic (exact) mass is 226 g/mol. The lowest BCUT2D eigenvalue weighted by Crippen LogP contribution is -2.47. The van der Waals surface area contributed by atoms with E-state index in [0.29, 0.717) is 12.0 Å². The maximum Gasteiger partial charge on any atom is 0.0521 e. The molecule has 0 aromatic carbocycles. The molecule has 3 heteroatoms. The first-order valence-corrected chi connectivity index (χ1v) is 6.76. The van der Waals surface area contributed by atoms with E-state index in [2.05, 4.69) is 24.3 Å². The van der Waals surface area contributed by atoms with E-state index >= 15 is 0 Å². The Bertz CT molecular complexity index is 204. The van der Waals surface area contributed by atoms with Gasteiger partial charge in [0.05, 0.1) is 6.61 Å². The number of nitrogens with zero attached hydrogens (tertiary/aromatic N) is 1. The number of nitrogens with one attached hydrogen (secondary N) is 1. The average Bonchev–Trinajstić information content (AvgIpc) is 2.83. The highest BCUT2D eigenvalue weighted by atomic mass is 16.5. The predicted octanol–water partition coefficient (Wildman–Crippen LogP) is 1.49. The number of ether oxygens (including phenoxy) is 1. The van der Waals surface area contributed by atoms with Crippen LogP contribution < -0.4 is 5.32 Å². The van der Waals surface area contributed by atoms with Crippen LogP contribution in [0.3, 0.4) is 0 Å². The van der Waals surface area contributed by atoms with Crippen LogP contribution in [0, 0.1) is 5.92 Å². The smallest absolute Gasteiger partial charge is 0.0521 e. The summed E-state index contributed by atoms with van der Waals surface area (Å²) < 4.78 is 5.61. The minimum Gasteiger partial charge on any atom is -0.381 e. The largest absolute Gasteiger partial charge is 0.381 e. The maximum atomic E-state index is 5.61. The van der Waals surface area contributed by atoms with Gasteiger partial charge in [-0.2, -0.15) is 0 Å². The molecule has 0 spiro atoms. The van der Waals surface area contributed by atoms with Gasteiger partial charge in [0.25, 0.3) is 0 Å². The first kappa shape index (κ1) is 12.3. The lowest BCUT2D eigenvalue weighted by Gasteiger charge is -2.36. The number of rotatable bonds is 4. The van der Waals surface area contributed by atoms with E-state index in [4.69, 9.17) is 4.74 Å². The highest BCUT2D eigenvalue weighted by Gasteiger charge is 2.28. The molecule has 2 aliphatic rings. The van der Waals surface area contributed by atoms with Crippen molar-refractivity contribution >= 4 is 0 Å². The first-order valence-electron chi connectivity index (χ1n) is 6.76. The zero-order valence-corrected chi connectivity index (χ0v) is 10.7. The quantitative estimate of drug-likeness (QED) is 0.786. The van der Waals surface area contributed by atoms with Gasteiger partial charge in [-0.3, -0.25) is 0 Å². The second kappa shape index (κ2) is 5.99. The van der Waals surface area contributed by atoms with Crippen molar-refractivity contribution < 1.29 is 4.74 Å². The van der Waals surface area contributed by atoms with Gasteiger partial charge in [0.2, 0.25) is 0 Å². The molecule has 0 radical (unpaired) electrons. The normalized spacial score (nSPS) is 32.4. The summed E-state index contributed by atoms with van der Waals surface area (Å²) in [6.07, 6.45) is 6.81. The molecular formula is C13H26N2O. The fourth-order valence-corrected chi connectivity index (χ4v) is 3.22. The Morgan fingerprint density at radius 3 is 2.69 bits per heavy atom. The van der Waals surface area contributed by atoms with Gasteiger partial charge in [-0.25, -0.2) is 0 Å². The van der Waals surface area contributed by atoms with Crippen LogP contribution in [0.25, 0.3) is 0 Å². The fraction of sp³-hybridized carbons (Fsp3) is 1.00. The Kier molecular flexibility index (Phi) is 4.62. The zero-order valence-electron chi connectivity index (χ0n) is 10.7. The Labute approximate surface area is 99.5 Å². The summed E-state index contributed by atoms with van der Waals surface area (Å²) in [5.41, 5.74) is 0. The minimum atomic E-state index is 0.651. The summed E-state index contributed by atoms with van der Waals surface area (Å²) in [4.78, 5) is 2.57. The zero-order chi connectivity index (χ0) is 11.4. The summed E-state index contributed by atoms with van der Waals surface area (Å²) in [6.45, 7) is 3.05. The third kappa shape index (κ3) is 2.96. The van der Waals surface area contributed by atoms with E-state index < -0.39 is 0 Å². The third-order valence-corrected chi connectivity index (χ3v) is 4.32. The SMILES string of the molecule is CNC1CCOCC1CN(C)C1CCCC1. The molecule has 94 valence electrons. The highest BCUT2D eigenvalue weighted by Crippen LogP contribution is 2.24. The molecule has 1 N–H and O–H groups in total. The molecule has 2 atom stereocenters. The van der Waals surface area contributed by atoms with Crippen LogP contribution in [-0.2, 0) is 4.74 Å². The van der Waals surface area contributed by atoms with Crippen LogP contribution in [0.1, 0.15) is 32.1 Å². The molecule has 0 aromatic heterocycles. The van der Waals surface area contributed by atoms with Crippen LogP contribution in [0.2, 0.25) is 0 Å². The van der Waals surface area contributed by atoms with Crippen LogP contribution >= 0.6 is 0 Å². The van der Waals surface area contributed by atoms with Crippen molar-refractivity contribution in [1.82, 2.24) is 10.2 Å². The van der Waals surface area contributed by atoms with Gasteiger partial charge >= 0.3 is 0 Å². The molecule has 0 bridgehead atoms. The molecular weight excluding hydrogens is 200 g/mol. The molecule has 1 aliphatic carbocycles. The lowest BCUT2D eigenvalue weighted by molar-refractivity contribution is 0.0167. The number of hydrogen-bond acceptors (Lipinski definition) is 3. The average molecular weight is 226 g/mol. The van der Waals surface area contributed by atoms with Crippen molar-refractivity contribution in [2.45, 2.75) is 44.2 Å². The molecule has 1 saturated heterocycles. The molecule has 2 fully saturated rings. The second-order valence-corrected chi connectivity index (χ2v) is 5.40. The molecule has 2 rings (SSSR count). The van der Waals surface area contributed by atoms with E-state index in [-0.39, 0.29) is 0 Å². The molecule has 0 aromatic rings. The van der Waals surface area contributed by atoms with Gasteiger partial charge in [0.15, 0.2) is 0 Å². The molecule has 3 nitrogen and oxygen atoms in total. The van der Waals surface area contributed by atoms with Gasteiger partial charge in [-0.1, -0.05) is 12.8 Å². The molecule has 1 aliphatic heterocycles. The van der Waals surface area contributed by atoms with Crippen LogP contribution in [0.4, 0.5) is 0 Å². The lowest BCUT2D eigenvalue weighted by atomic mass is 9.95. The Hall–Kier alpha value is -0.120. The Morgan fingerprint density at radius 2 is 2.00 bits per heavy atom. The Balaban J connectivity index is 1.81. The van der Waals surface area contributed by atoms with Crippen molar-refractivity contribution in [1.29, 1.82) is 0 Å². The summed E-state index contributed by atoms with van der Waals surface area (Å²) in [5.74, 6) is 0.671. The Morgan fingerprint density at radius 1 is 1.25 bits per heavy atom. The van der Waals surface area contributed by atoms with Crippen LogP contribution in [0.15, 0.2) is 0 Å². The van der Waals surface area contributed by atoms with Gasteiger partial charge in [0.1, 0.15) is 0 Å². The van der Waals surface area contributed by atoms with Gasteiger partial charge < -0.3 is 15.0 Å². The number of hydrogen-bond donors (Lipinski definition) is 1. The standard InChI is InChI=1S/C13H26N2O/c1-14-13-7-8-16-10-11(13)9-15(2)12-5-3-4-6-12/h11-14H,3-10H2,1-2H3. The van der Waals surface area contributed by atoms with E-state index in [1.54, 1.807) is 0 Å². The summed E-state index contributed by atoms with van der Waals surface area (Å²) in [6, 6.07) is 1.48. The molecule has 0 amide bonds. The van der Waals surface area contributed by atoms with Crippen LogP contribution in [0.5, 0.6) is 0 Å². The predicted molar refractivity (Wildman–Crippen MR) is 66.7 cm³/mol. The van der Waals surface area contributed by atoms with Crippen molar-refractivity contribution in [3.8, 4) is 0 Å². The van der Waals surface area contributed by atoms with E-state index in [1.807, 2.05) is 0 Å². The van der Waals surface area contributed by atoms with Crippen molar-refractivity contribution in [3.63, 3.8) is 0 Å².